The number of carbonyl (C=O) groups is 3. The van der Waals surface area contributed by atoms with Crippen molar-refractivity contribution in [1.29, 1.82) is 0 Å². The minimum absolute atomic E-state index is 0.0245. The van der Waals surface area contributed by atoms with Crippen LogP contribution in [0.15, 0.2) is 6.07 Å². The quantitative estimate of drug-likeness (QED) is 0.617. The summed E-state index contributed by atoms with van der Waals surface area (Å²) >= 11 is 1.40. The van der Waals surface area contributed by atoms with Gasteiger partial charge < -0.3 is 19.9 Å². The molecule has 0 spiro atoms. The molecule has 0 bridgehead atoms. The molecule has 1 aliphatic rings. The molecule has 1 aromatic heterocycles. The maximum absolute atomic E-state index is 12.6. The third-order valence-corrected chi connectivity index (χ3v) is 5.69. The number of nitrogens with one attached hydrogen (secondary N) is 1. The van der Waals surface area contributed by atoms with E-state index in [0.29, 0.717) is 4.88 Å². The number of ether oxygens (including phenoxy) is 2. The van der Waals surface area contributed by atoms with Crippen molar-refractivity contribution in [3.05, 3.63) is 21.4 Å². The molecule has 7 nitrogen and oxygen atoms in total. The Kier molecular flexibility index (Phi) is 8.24. The Labute approximate surface area is 163 Å². The lowest BCUT2D eigenvalue weighted by atomic mass is 9.89. The Morgan fingerprint density at radius 2 is 2.04 bits per heavy atom. The van der Waals surface area contributed by atoms with E-state index >= 15 is 0 Å². The Bertz CT molecular complexity index is 671. The highest BCUT2D eigenvalue weighted by Gasteiger charge is 2.27. The number of carbonyl (C=O) groups excluding carboxylic acids is 3. The average Bonchev–Trinajstić information content (AvgIpc) is 3.08. The first-order valence-corrected chi connectivity index (χ1v) is 10.2. The number of aliphatic hydroxyl groups excluding tert-OH is 1. The average molecular weight is 397 g/mol. The summed E-state index contributed by atoms with van der Waals surface area (Å²) in [5.41, 5.74) is 1.13. The molecule has 0 saturated heterocycles. The van der Waals surface area contributed by atoms with Crippen molar-refractivity contribution in [2.75, 3.05) is 19.8 Å². The first kappa shape index (κ1) is 21.4. The van der Waals surface area contributed by atoms with Gasteiger partial charge in [0.2, 0.25) is 0 Å². The molecule has 2 N–H and O–H groups in total. The Hall–Kier alpha value is -1.93. The molecule has 0 aliphatic heterocycles. The van der Waals surface area contributed by atoms with Crippen LogP contribution in [0.25, 0.3) is 0 Å². The van der Waals surface area contributed by atoms with Crippen LogP contribution in [-0.4, -0.2) is 48.8 Å². The molecule has 150 valence electrons. The molecule has 0 radical (unpaired) electrons. The summed E-state index contributed by atoms with van der Waals surface area (Å²) in [5, 5.41) is 12.0. The normalized spacial score (nSPS) is 16.9. The number of aryl methyl sites for hydroxylation is 1. The van der Waals surface area contributed by atoms with Gasteiger partial charge in [-0.3, -0.25) is 9.59 Å². The first-order valence-electron chi connectivity index (χ1n) is 9.34. The molecule has 1 aromatic rings. The SMILES string of the molecule is CCOC(=O)CC[C@H](NC(=O)c1cc2c(s1)CC(CO)CC2)C(=O)OCC. The van der Waals surface area contributed by atoms with Gasteiger partial charge in [-0.1, -0.05) is 0 Å². The highest BCUT2D eigenvalue weighted by molar-refractivity contribution is 7.14. The summed E-state index contributed by atoms with van der Waals surface area (Å²) in [5.74, 6) is -1.08. The number of amides is 1. The zero-order valence-electron chi connectivity index (χ0n) is 15.8. The van der Waals surface area contributed by atoms with Gasteiger partial charge in [-0.15, -0.1) is 11.3 Å². The van der Waals surface area contributed by atoms with E-state index in [1.54, 1.807) is 13.8 Å². The second-order valence-electron chi connectivity index (χ2n) is 6.47. The van der Waals surface area contributed by atoms with Gasteiger partial charge in [-0.2, -0.15) is 0 Å². The van der Waals surface area contributed by atoms with Gasteiger partial charge in [0.15, 0.2) is 0 Å². The molecule has 0 aromatic carbocycles. The minimum Gasteiger partial charge on any atom is -0.466 e. The number of esters is 2. The fraction of sp³-hybridized carbons (Fsp3) is 0.632. The standard InChI is InChI=1S/C19H27NO6S/c1-3-25-17(22)8-7-14(19(24)26-4-2)20-18(23)16-10-13-6-5-12(11-21)9-15(13)27-16/h10,12,14,21H,3-9,11H2,1-2H3,(H,20,23)/t12?,14-/m0/s1. The molecule has 8 heteroatoms. The second-order valence-corrected chi connectivity index (χ2v) is 7.61. The predicted molar refractivity (Wildman–Crippen MR) is 101 cm³/mol. The molecule has 2 atom stereocenters. The second kappa shape index (κ2) is 10.4. The Morgan fingerprint density at radius 3 is 2.70 bits per heavy atom. The van der Waals surface area contributed by atoms with Crippen molar-refractivity contribution in [1.82, 2.24) is 5.32 Å². The molecule has 0 saturated carbocycles. The van der Waals surface area contributed by atoms with E-state index in [4.69, 9.17) is 9.47 Å². The lowest BCUT2D eigenvalue weighted by molar-refractivity contribution is -0.146. The zero-order chi connectivity index (χ0) is 19.8. The van der Waals surface area contributed by atoms with Gasteiger partial charge in [0, 0.05) is 17.9 Å². The summed E-state index contributed by atoms with van der Waals surface area (Å²) in [6.07, 6.45) is 2.67. The van der Waals surface area contributed by atoms with E-state index in [0.717, 1.165) is 29.7 Å². The van der Waals surface area contributed by atoms with Crippen molar-refractivity contribution in [3.63, 3.8) is 0 Å². The van der Waals surface area contributed by atoms with E-state index in [2.05, 4.69) is 5.32 Å². The van der Waals surface area contributed by atoms with Crippen LogP contribution in [0, 0.1) is 5.92 Å². The summed E-state index contributed by atoms with van der Waals surface area (Å²) in [6, 6.07) is 0.961. The van der Waals surface area contributed by atoms with Gasteiger partial charge in [0.1, 0.15) is 6.04 Å². The van der Waals surface area contributed by atoms with E-state index in [9.17, 15) is 19.5 Å². The van der Waals surface area contributed by atoms with Gasteiger partial charge in [0.25, 0.3) is 5.91 Å². The molecule has 1 unspecified atom stereocenters. The largest absolute Gasteiger partial charge is 0.466 e. The van der Waals surface area contributed by atoms with Crippen LogP contribution in [0.2, 0.25) is 0 Å². The van der Waals surface area contributed by atoms with E-state index < -0.39 is 18.0 Å². The molecule has 1 amide bonds. The van der Waals surface area contributed by atoms with Crippen molar-refractivity contribution >= 4 is 29.2 Å². The Morgan fingerprint density at radius 1 is 1.30 bits per heavy atom. The highest BCUT2D eigenvalue weighted by Crippen LogP contribution is 2.32. The molecule has 0 fully saturated rings. The molecule has 2 rings (SSSR count). The maximum Gasteiger partial charge on any atom is 0.328 e. The van der Waals surface area contributed by atoms with Crippen molar-refractivity contribution in [2.45, 2.75) is 52.0 Å². The lowest BCUT2D eigenvalue weighted by Gasteiger charge is -2.19. The molecular formula is C19H27NO6S. The van der Waals surface area contributed by atoms with Crippen LogP contribution in [0.3, 0.4) is 0 Å². The third kappa shape index (κ3) is 6.04. The van der Waals surface area contributed by atoms with Crippen molar-refractivity contribution in [2.24, 2.45) is 5.92 Å². The minimum atomic E-state index is -0.897. The first-order chi connectivity index (χ1) is 13.0. The highest BCUT2D eigenvalue weighted by atomic mass is 32.1. The number of fused-ring (bicyclic) bond motifs is 1. The van der Waals surface area contributed by atoms with E-state index in [-0.39, 0.29) is 44.5 Å². The predicted octanol–water partition coefficient (Wildman–Crippen LogP) is 1.85. The lowest BCUT2D eigenvalue weighted by Crippen LogP contribution is -2.42. The van der Waals surface area contributed by atoms with Crippen LogP contribution >= 0.6 is 11.3 Å². The zero-order valence-corrected chi connectivity index (χ0v) is 16.6. The summed E-state index contributed by atoms with van der Waals surface area (Å²) in [4.78, 5) is 38.0. The van der Waals surface area contributed by atoms with Crippen molar-refractivity contribution < 1.29 is 29.0 Å². The number of aliphatic hydroxyl groups is 1. The topological polar surface area (TPSA) is 102 Å². The van der Waals surface area contributed by atoms with Gasteiger partial charge in [0.05, 0.1) is 18.1 Å². The van der Waals surface area contributed by atoms with Gasteiger partial charge in [-0.25, -0.2) is 4.79 Å². The Balaban J connectivity index is 2.03. The number of thiophene rings is 1. The summed E-state index contributed by atoms with van der Waals surface area (Å²) in [6.45, 7) is 4.01. The van der Waals surface area contributed by atoms with Gasteiger partial charge in [-0.05, 0) is 57.1 Å². The van der Waals surface area contributed by atoms with E-state index in [1.165, 1.54) is 11.3 Å². The fourth-order valence-corrected chi connectivity index (χ4v) is 4.29. The molecule has 27 heavy (non-hydrogen) atoms. The summed E-state index contributed by atoms with van der Waals surface area (Å²) in [7, 11) is 0. The maximum atomic E-state index is 12.6. The molecule has 1 heterocycles. The monoisotopic (exact) mass is 397 g/mol. The van der Waals surface area contributed by atoms with E-state index in [1.807, 2.05) is 6.07 Å². The van der Waals surface area contributed by atoms with Crippen molar-refractivity contribution in [3.8, 4) is 0 Å². The van der Waals surface area contributed by atoms with Crippen LogP contribution in [0.1, 0.15) is 53.2 Å². The fourth-order valence-electron chi connectivity index (χ4n) is 3.06. The number of hydrogen-bond acceptors (Lipinski definition) is 7. The number of rotatable bonds is 9. The molecule has 1 aliphatic carbocycles. The van der Waals surface area contributed by atoms with Gasteiger partial charge >= 0.3 is 11.9 Å². The third-order valence-electron chi connectivity index (χ3n) is 4.49. The molecular weight excluding hydrogens is 370 g/mol. The number of hydrogen-bond donors (Lipinski definition) is 2. The van der Waals surface area contributed by atoms with Crippen LogP contribution in [0.5, 0.6) is 0 Å². The van der Waals surface area contributed by atoms with Crippen LogP contribution in [-0.2, 0) is 31.9 Å². The van der Waals surface area contributed by atoms with Crippen LogP contribution < -0.4 is 5.32 Å². The van der Waals surface area contributed by atoms with Crippen LogP contribution in [0.4, 0.5) is 0 Å². The summed E-state index contributed by atoms with van der Waals surface area (Å²) < 4.78 is 9.89. The smallest absolute Gasteiger partial charge is 0.328 e.